The van der Waals surface area contributed by atoms with Crippen molar-refractivity contribution in [3.05, 3.63) is 52.7 Å². The molecule has 1 aliphatic rings. The zero-order valence-electron chi connectivity index (χ0n) is 23.2. The highest BCUT2D eigenvalue weighted by molar-refractivity contribution is 7.70. The molecule has 3 heterocycles. The lowest BCUT2D eigenvalue weighted by molar-refractivity contribution is 0.122. The third kappa shape index (κ3) is 5.62. The van der Waals surface area contributed by atoms with Crippen LogP contribution >= 0.6 is 18.7 Å². The molecule has 0 saturated carbocycles. The topological polar surface area (TPSA) is 97.2 Å². The van der Waals surface area contributed by atoms with Crippen molar-refractivity contribution in [1.29, 1.82) is 0 Å². The van der Waals surface area contributed by atoms with Gasteiger partial charge in [0.15, 0.2) is 11.6 Å². The summed E-state index contributed by atoms with van der Waals surface area (Å²) >= 11 is 6.49. The van der Waals surface area contributed by atoms with Gasteiger partial charge in [0.2, 0.25) is 5.95 Å². The molecule has 0 atom stereocenters. The van der Waals surface area contributed by atoms with Crippen molar-refractivity contribution in [2.24, 2.45) is 0 Å². The van der Waals surface area contributed by atoms with E-state index in [0.717, 1.165) is 57.6 Å². The molecule has 2 aromatic heterocycles. The highest BCUT2D eigenvalue weighted by Crippen LogP contribution is 2.41. The van der Waals surface area contributed by atoms with Crippen LogP contribution in [0.5, 0.6) is 0 Å². The second kappa shape index (κ2) is 10.8. The Kier molecular flexibility index (Phi) is 7.60. The third-order valence-corrected chi connectivity index (χ3v) is 8.91. The molecule has 0 bridgehead atoms. The molecule has 4 aromatic rings. The van der Waals surface area contributed by atoms with Crippen LogP contribution in [0.1, 0.15) is 31.0 Å². The van der Waals surface area contributed by atoms with Gasteiger partial charge in [0.05, 0.1) is 30.6 Å². The van der Waals surface area contributed by atoms with Gasteiger partial charge < -0.3 is 24.8 Å². The molecule has 206 valence electrons. The lowest BCUT2D eigenvalue weighted by Crippen LogP contribution is -2.36. The summed E-state index contributed by atoms with van der Waals surface area (Å²) in [5, 5.41) is 13.9. The Labute approximate surface area is 234 Å². The Morgan fingerprint density at radius 2 is 1.82 bits per heavy atom. The maximum Gasteiger partial charge on any atom is 0.229 e. The van der Waals surface area contributed by atoms with E-state index in [1.54, 1.807) is 19.5 Å². The Balaban J connectivity index is 1.47. The van der Waals surface area contributed by atoms with Gasteiger partial charge in [-0.05, 0) is 76.4 Å². The van der Waals surface area contributed by atoms with Gasteiger partial charge in [-0.25, -0.2) is 4.98 Å². The molecular weight excluding hydrogens is 533 g/mol. The predicted molar refractivity (Wildman–Crippen MR) is 162 cm³/mol. The van der Waals surface area contributed by atoms with Crippen molar-refractivity contribution in [2.45, 2.75) is 33.7 Å². The van der Waals surface area contributed by atoms with Crippen molar-refractivity contribution >= 4 is 63.9 Å². The minimum absolute atomic E-state index is 0.195. The van der Waals surface area contributed by atoms with Crippen LogP contribution in [0.15, 0.2) is 36.5 Å². The number of rotatable bonds is 7. The van der Waals surface area contributed by atoms with E-state index in [4.69, 9.17) is 21.4 Å². The normalized spacial score (nSPS) is 14.3. The standard InChI is InChI=1S/C28H35ClN7O2P/c1-17(2)36-24-15-20(8-9-21(24)27(34-36)35-11-13-38-14-12-35)31-28-30-16-22(29)26(33-28)32-23-10-7-18(3)19(4)25(23)39(5,6)37/h7-10,15-17H,11-14H2,1-6H3,(H2,30,31,32,33). The van der Waals surface area contributed by atoms with Crippen LogP contribution in [0.4, 0.5) is 29.0 Å². The summed E-state index contributed by atoms with van der Waals surface area (Å²) in [4.78, 5) is 11.3. The fraction of sp³-hybridized carbons (Fsp3) is 0.393. The SMILES string of the molecule is Cc1ccc(Nc2nc(Nc3ccc4c(N5CCOCC5)nn(C(C)C)c4c3)ncc2Cl)c(P(C)(C)=O)c1C. The second-order valence-electron chi connectivity index (χ2n) is 10.6. The van der Waals surface area contributed by atoms with Gasteiger partial charge in [0.1, 0.15) is 12.2 Å². The van der Waals surface area contributed by atoms with Crippen molar-refractivity contribution in [2.75, 3.05) is 55.2 Å². The van der Waals surface area contributed by atoms with Gasteiger partial charge in [-0.1, -0.05) is 17.7 Å². The minimum Gasteiger partial charge on any atom is -0.378 e. The number of ether oxygens (including phenoxy) is 1. The number of hydrogen-bond acceptors (Lipinski definition) is 8. The summed E-state index contributed by atoms with van der Waals surface area (Å²) in [7, 11) is -2.57. The summed E-state index contributed by atoms with van der Waals surface area (Å²) < 4.78 is 20.7. The second-order valence-corrected chi connectivity index (χ2v) is 14.1. The first-order chi connectivity index (χ1) is 18.5. The van der Waals surface area contributed by atoms with Gasteiger partial charge >= 0.3 is 0 Å². The van der Waals surface area contributed by atoms with E-state index in [1.807, 2.05) is 32.0 Å². The van der Waals surface area contributed by atoms with E-state index in [0.29, 0.717) is 30.0 Å². The number of halogens is 1. The zero-order valence-corrected chi connectivity index (χ0v) is 24.9. The molecule has 0 amide bonds. The average Bonchev–Trinajstić information content (AvgIpc) is 3.27. The van der Waals surface area contributed by atoms with E-state index >= 15 is 0 Å². The number of benzene rings is 2. The summed E-state index contributed by atoms with van der Waals surface area (Å²) in [6.07, 6.45) is 1.56. The fourth-order valence-corrected chi connectivity index (χ4v) is 6.80. The summed E-state index contributed by atoms with van der Waals surface area (Å²) in [6.45, 7) is 14.9. The maximum atomic E-state index is 13.1. The molecule has 0 spiro atoms. The minimum atomic E-state index is -2.57. The van der Waals surface area contributed by atoms with Gasteiger partial charge in [-0.3, -0.25) is 4.68 Å². The molecule has 0 aliphatic carbocycles. The Morgan fingerprint density at radius 1 is 1.08 bits per heavy atom. The van der Waals surface area contributed by atoms with Gasteiger partial charge in [0, 0.05) is 35.5 Å². The number of anilines is 5. The van der Waals surface area contributed by atoms with E-state index in [-0.39, 0.29) is 6.04 Å². The highest BCUT2D eigenvalue weighted by atomic mass is 35.5. The highest BCUT2D eigenvalue weighted by Gasteiger charge is 2.22. The maximum absolute atomic E-state index is 13.1. The van der Waals surface area contributed by atoms with E-state index in [9.17, 15) is 4.57 Å². The molecule has 39 heavy (non-hydrogen) atoms. The molecule has 2 aromatic carbocycles. The monoisotopic (exact) mass is 567 g/mol. The quantitative estimate of drug-likeness (QED) is 0.253. The van der Waals surface area contributed by atoms with Crippen LogP contribution in [0.3, 0.4) is 0 Å². The first-order valence-electron chi connectivity index (χ1n) is 13.1. The van der Waals surface area contributed by atoms with Crippen molar-refractivity contribution in [3.63, 3.8) is 0 Å². The first kappa shape index (κ1) is 27.4. The molecule has 1 fully saturated rings. The lowest BCUT2D eigenvalue weighted by Gasteiger charge is -2.27. The number of nitrogens with one attached hydrogen (secondary N) is 2. The number of hydrogen-bond donors (Lipinski definition) is 2. The summed E-state index contributed by atoms with van der Waals surface area (Å²) in [5.41, 5.74) is 4.69. The van der Waals surface area contributed by atoms with Crippen LogP contribution in [0.2, 0.25) is 5.02 Å². The zero-order chi connectivity index (χ0) is 27.9. The van der Waals surface area contributed by atoms with Crippen molar-refractivity contribution < 1.29 is 9.30 Å². The Morgan fingerprint density at radius 3 is 2.51 bits per heavy atom. The number of nitrogens with zero attached hydrogens (tertiary/aromatic N) is 5. The van der Waals surface area contributed by atoms with Gasteiger partial charge in [-0.15, -0.1) is 0 Å². The lowest BCUT2D eigenvalue weighted by atomic mass is 10.1. The van der Waals surface area contributed by atoms with Crippen LogP contribution in [0.25, 0.3) is 10.9 Å². The largest absolute Gasteiger partial charge is 0.378 e. The first-order valence-corrected chi connectivity index (χ1v) is 16.1. The molecule has 2 N–H and O–H groups in total. The molecule has 1 aliphatic heterocycles. The number of aromatic nitrogens is 4. The summed E-state index contributed by atoms with van der Waals surface area (Å²) in [5.74, 6) is 1.82. The van der Waals surface area contributed by atoms with Gasteiger partial charge in [-0.2, -0.15) is 10.1 Å². The third-order valence-electron chi connectivity index (χ3n) is 6.98. The van der Waals surface area contributed by atoms with Crippen molar-refractivity contribution in [3.8, 4) is 0 Å². The van der Waals surface area contributed by atoms with E-state index in [2.05, 4.69) is 56.2 Å². The van der Waals surface area contributed by atoms with Crippen molar-refractivity contribution in [1.82, 2.24) is 19.7 Å². The predicted octanol–water partition coefficient (Wildman–Crippen LogP) is 6.25. The molecule has 0 radical (unpaired) electrons. The summed E-state index contributed by atoms with van der Waals surface area (Å²) in [6, 6.07) is 10.3. The number of aryl methyl sites for hydroxylation is 1. The average molecular weight is 568 g/mol. The molecule has 11 heteroatoms. The Bertz CT molecular complexity index is 1570. The van der Waals surface area contributed by atoms with Crippen LogP contribution < -0.4 is 20.8 Å². The molecule has 1 saturated heterocycles. The number of morpholine rings is 1. The van der Waals surface area contributed by atoms with Crippen LogP contribution in [-0.4, -0.2) is 59.4 Å². The van der Waals surface area contributed by atoms with E-state index < -0.39 is 7.14 Å². The fourth-order valence-electron chi connectivity index (χ4n) is 4.97. The smallest absolute Gasteiger partial charge is 0.229 e. The number of fused-ring (bicyclic) bond motifs is 1. The molecular formula is C28H35ClN7O2P. The van der Waals surface area contributed by atoms with Crippen LogP contribution in [-0.2, 0) is 9.30 Å². The molecule has 0 unspecified atom stereocenters. The van der Waals surface area contributed by atoms with Crippen LogP contribution in [0, 0.1) is 13.8 Å². The Hall–Kier alpha value is -3.13. The molecule has 9 nitrogen and oxygen atoms in total. The van der Waals surface area contributed by atoms with E-state index in [1.165, 1.54) is 0 Å². The van der Waals surface area contributed by atoms with Gasteiger partial charge in [0.25, 0.3) is 0 Å². The molecule has 5 rings (SSSR count).